The molecule has 1 amide bonds. The number of ether oxygens (including phenoxy) is 1. The molecule has 0 aliphatic rings. The van der Waals surface area contributed by atoms with E-state index in [-0.39, 0.29) is 11.5 Å². The average molecular weight is 415 g/mol. The molecule has 0 atom stereocenters. The lowest BCUT2D eigenvalue weighted by molar-refractivity contribution is 0.0954. The van der Waals surface area contributed by atoms with Crippen molar-refractivity contribution in [2.24, 2.45) is 0 Å². The van der Waals surface area contributed by atoms with E-state index >= 15 is 0 Å². The van der Waals surface area contributed by atoms with E-state index in [2.05, 4.69) is 26.2 Å². The van der Waals surface area contributed by atoms with E-state index in [0.717, 1.165) is 15.4 Å². The van der Waals surface area contributed by atoms with Crippen molar-refractivity contribution in [3.05, 3.63) is 74.0 Å². The largest absolute Gasteiger partial charge is 0.495 e. The Morgan fingerprint density at radius 2 is 2.04 bits per heavy atom. The van der Waals surface area contributed by atoms with Crippen molar-refractivity contribution in [2.75, 3.05) is 13.7 Å². The highest BCUT2D eigenvalue weighted by Gasteiger charge is 2.10. The first-order valence-corrected chi connectivity index (χ1v) is 9.02. The van der Waals surface area contributed by atoms with E-state index < -0.39 is 0 Å². The van der Waals surface area contributed by atoms with Gasteiger partial charge in [-0.25, -0.2) is 0 Å². The molecule has 0 aliphatic carbocycles. The van der Waals surface area contributed by atoms with Crippen LogP contribution in [0.25, 0.3) is 10.9 Å². The van der Waals surface area contributed by atoms with Crippen molar-refractivity contribution in [3.63, 3.8) is 0 Å². The van der Waals surface area contributed by atoms with Gasteiger partial charge in [0, 0.05) is 27.5 Å². The number of aromatic nitrogens is 1. The lowest BCUT2D eigenvalue weighted by Gasteiger charge is -2.10. The van der Waals surface area contributed by atoms with Gasteiger partial charge >= 0.3 is 0 Å². The van der Waals surface area contributed by atoms with Gasteiger partial charge in [0.15, 0.2) is 0 Å². The normalized spacial score (nSPS) is 10.7. The van der Waals surface area contributed by atoms with Crippen LogP contribution in [0.2, 0.25) is 0 Å². The molecule has 2 aromatic carbocycles. The maximum Gasteiger partial charge on any atom is 0.251 e. The molecule has 26 heavy (non-hydrogen) atoms. The number of rotatable bonds is 5. The van der Waals surface area contributed by atoms with Crippen LogP contribution in [0, 0.1) is 6.92 Å². The van der Waals surface area contributed by atoms with Gasteiger partial charge in [-0.1, -0.05) is 28.1 Å². The monoisotopic (exact) mass is 414 g/mol. The first-order valence-electron chi connectivity index (χ1n) is 8.23. The molecule has 3 rings (SSSR count). The molecule has 1 heterocycles. The number of hydrogen-bond acceptors (Lipinski definition) is 3. The fourth-order valence-electron chi connectivity index (χ4n) is 2.85. The molecule has 0 saturated heterocycles. The summed E-state index contributed by atoms with van der Waals surface area (Å²) >= 11 is 3.35. The third-order valence-electron chi connectivity index (χ3n) is 4.26. The van der Waals surface area contributed by atoms with E-state index in [9.17, 15) is 9.59 Å². The summed E-state index contributed by atoms with van der Waals surface area (Å²) in [6.45, 7) is 2.36. The van der Waals surface area contributed by atoms with Crippen LogP contribution in [-0.2, 0) is 6.42 Å². The number of H-pyrrole nitrogens is 1. The highest BCUT2D eigenvalue weighted by Crippen LogP contribution is 2.25. The van der Waals surface area contributed by atoms with Gasteiger partial charge in [0.25, 0.3) is 11.5 Å². The van der Waals surface area contributed by atoms with Gasteiger partial charge in [-0.3, -0.25) is 9.59 Å². The van der Waals surface area contributed by atoms with Crippen molar-refractivity contribution < 1.29 is 9.53 Å². The van der Waals surface area contributed by atoms with Crippen LogP contribution in [0.15, 0.2) is 51.7 Å². The van der Waals surface area contributed by atoms with E-state index in [1.165, 1.54) is 0 Å². The number of hydrogen-bond donors (Lipinski definition) is 2. The number of methoxy groups -OCH3 is 1. The van der Waals surface area contributed by atoms with Crippen LogP contribution >= 0.6 is 15.9 Å². The summed E-state index contributed by atoms with van der Waals surface area (Å²) in [5.41, 5.74) is 2.78. The summed E-state index contributed by atoms with van der Waals surface area (Å²) in [4.78, 5) is 27.5. The molecule has 0 spiro atoms. The van der Waals surface area contributed by atoms with Gasteiger partial charge in [0.1, 0.15) is 5.75 Å². The Morgan fingerprint density at radius 1 is 1.23 bits per heavy atom. The minimum Gasteiger partial charge on any atom is -0.495 e. The molecule has 0 saturated carbocycles. The molecule has 0 bridgehead atoms. The zero-order valence-electron chi connectivity index (χ0n) is 14.6. The highest BCUT2D eigenvalue weighted by atomic mass is 79.9. The molecule has 134 valence electrons. The second-order valence-electron chi connectivity index (χ2n) is 6.01. The summed E-state index contributed by atoms with van der Waals surface area (Å²) in [7, 11) is 1.58. The second-order valence-corrected chi connectivity index (χ2v) is 6.93. The number of carbonyl (C=O) groups is 1. The molecule has 0 unspecified atom stereocenters. The number of aryl methyl sites for hydroxylation is 1. The van der Waals surface area contributed by atoms with E-state index in [0.29, 0.717) is 35.4 Å². The van der Waals surface area contributed by atoms with E-state index in [1.54, 1.807) is 19.2 Å². The number of amides is 1. The van der Waals surface area contributed by atoms with Crippen LogP contribution in [-0.4, -0.2) is 24.5 Å². The Balaban J connectivity index is 1.77. The van der Waals surface area contributed by atoms with Gasteiger partial charge in [-0.05, 0) is 49.2 Å². The van der Waals surface area contributed by atoms with Crippen LogP contribution in [0.4, 0.5) is 0 Å². The van der Waals surface area contributed by atoms with Gasteiger partial charge in [-0.15, -0.1) is 0 Å². The molecule has 0 aliphatic heterocycles. The third kappa shape index (κ3) is 3.80. The molecule has 1 aromatic heterocycles. The molecular weight excluding hydrogens is 396 g/mol. The minimum atomic E-state index is -0.168. The Hall–Kier alpha value is -2.60. The molecular formula is C20H19BrN2O3. The second kappa shape index (κ2) is 7.74. The number of nitrogens with one attached hydrogen (secondary N) is 2. The Morgan fingerprint density at radius 3 is 2.77 bits per heavy atom. The predicted molar refractivity (Wildman–Crippen MR) is 106 cm³/mol. The van der Waals surface area contributed by atoms with Gasteiger partial charge in [0.2, 0.25) is 0 Å². The van der Waals surface area contributed by atoms with Crippen molar-refractivity contribution >= 4 is 32.7 Å². The summed E-state index contributed by atoms with van der Waals surface area (Å²) in [5.74, 6) is 0.471. The third-order valence-corrected chi connectivity index (χ3v) is 4.75. The summed E-state index contributed by atoms with van der Waals surface area (Å²) in [5, 5.41) is 3.79. The molecule has 6 heteroatoms. The van der Waals surface area contributed by atoms with Crippen molar-refractivity contribution in [1.82, 2.24) is 10.3 Å². The van der Waals surface area contributed by atoms with Gasteiger partial charge in [0.05, 0.1) is 12.6 Å². The predicted octanol–water partition coefficient (Wildman–Crippen LogP) is 3.58. The number of carbonyl (C=O) groups excluding carboxylic acids is 1. The van der Waals surface area contributed by atoms with Crippen LogP contribution in [0.5, 0.6) is 5.75 Å². The smallest absolute Gasteiger partial charge is 0.251 e. The van der Waals surface area contributed by atoms with Crippen molar-refractivity contribution in [3.8, 4) is 5.75 Å². The zero-order chi connectivity index (χ0) is 18.7. The lowest BCUT2D eigenvalue weighted by atomic mass is 10.1. The molecule has 5 nitrogen and oxygen atoms in total. The fourth-order valence-corrected chi connectivity index (χ4v) is 3.25. The maximum absolute atomic E-state index is 12.4. The van der Waals surface area contributed by atoms with E-state index in [1.807, 2.05) is 37.3 Å². The Kier molecular flexibility index (Phi) is 5.42. The number of benzene rings is 2. The number of pyridine rings is 1. The summed E-state index contributed by atoms with van der Waals surface area (Å²) < 4.78 is 6.17. The summed E-state index contributed by atoms with van der Waals surface area (Å²) in [6.07, 6.45) is 0.446. The van der Waals surface area contributed by atoms with Crippen LogP contribution in [0.3, 0.4) is 0 Å². The van der Waals surface area contributed by atoms with Crippen molar-refractivity contribution in [2.45, 2.75) is 13.3 Å². The van der Waals surface area contributed by atoms with Gasteiger partial charge < -0.3 is 15.0 Å². The quantitative estimate of drug-likeness (QED) is 0.669. The first kappa shape index (κ1) is 18.2. The highest BCUT2D eigenvalue weighted by molar-refractivity contribution is 9.10. The Labute approximate surface area is 159 Å². The molecule has 0 fully saturated rings. The Bertz CT molecular complexity index is 1030. The molecule has 3 aromatic rings. The topological polar surface area (TPSA) is 71.2 Å². The fraction of sp³-hybridized carbons (Fsp3) is 0.200. The SMILES string of the molecule is COc1ccc(C)c2cc(CCNC(=O)c3cccc(Br)c3)c(=O)[nH]c12. The average Bonchev–Trinajstić information content (AvgIpc) is 2.63. The first-order chi connectivity index (χ1) is 12.5. The number of halogens is 1. The van der Waals surface area contributed by atoms with Crippen LogP contribution < -0.4 is 15.6 Å². The van der Waals surface area contributed by atoms with E-state index in [4.69, 9.17) is 4.74 Å². The van der Waals surface area contributed by atoms with Crippen molar-refractivity contribution in [1.29, 1.82) is 0 Å². The number of fused-ring (bicyclic) bond motifs is 1. The lowest BCUT2D eigenvalue weighted by Crippen LogP contribution is -2.27. The molecule has 0 radical (unpaired) electrons. The van der Waals surface area contributed by atoms with Crippen LogP contribution in [0.1, 0.15) is 21.5 Å². The summed E-state index contributed by atoms with van der Waals surface area (Å²) in [6, 6.07) is 12.8. The zero-order valence-corrected chi connectivity index (χ0v) is 16.1. The standard InChI is InChI=1S/C20H19BrN2O3/c1-12-6-7-17(26-2)18-16(12)11-14(20(25)23-18)8-9-22-19(24)13-4-3-5-15(21)10-13/h3-7,10-11H,8-9H2,1-2H3,(H,22,24)(H,23,25). The number of aromatic amines is 1. The van der Waals surface area contributed by atoms with Gasteiger partial charge in [-0.2, -0.15) is 0 Å². The molecule has 2 N–H and O–H groups in total. The minimum absolute atomic E-state index is 0.165. The maximum atomic E-state index is 12.4.